The summed E-state index contributed by atoms with van der Waals surface area (Å²) in [6, 6.07) is 8.01. The molecule has 0 bridgehead atoms. The van der Waals surface area contributed by atoms with Gasteiger partial charge in [0.05, 0.1) is 12.6 Å². The van der Waals surface area contributed by atoms with E-state index in [1.807, 2.05) is 57.6 Å². The minimum absolute atomic E-state index is 0.0231. The molecule has 6 heteroatoms. The van der Waals surface area contributed by atoms with Crippen molar-refractivity contribution in [2.24, 2.45) is 0 Å². The molecule has 0 spiro atoms. The van der Waals surface area contributed by atoms with Gasteiger partial charge >= 0.3 is 0 Å². The average Bonchev–Trinajstić information content (AvgIpc) is 3.25. The van der Waals surface area contributed by atoms with Crippen molar-refractivity contribution in [2.45, 2.75) is 38.8 Å². The van der Waals surface area contributed by atoms with Crippen molar-refractivity contribution >= 4 is 11.6 Å². The molecule has 4 rings (SSSR count). The second kappa shape index (κ2) is 6.11. The molecule has 6 nitrogen and oxygen atoms in total. The lowest BCUT2D eigenvalue weighted by Crippen LogP contribution is -2.46. The first-order valence-corrected chi connectivity index (χ1v) is 8.45. The van der Waals surface area contributed by atoms with Crippen LogP contribution in [0.5, 0.6) is 0 Å². The summed E-state index contributed by atoms with van der Waals surface area (Å²) < 4.78 is 3.88. The van der Waals surface area contributed by atoms with E-state index in [2.05, 4.69) is 10.1 Å². The molecule has 1 saturated heterocycles. The third kappa shape index (κ3) is 2.68. The van der Waals surface area contributed by atoms with Gasteiger partial charge in [-0.05, 0) is 44.4 Å². The second-order valence-electron chi connectivity index (χ2n) is 6.40. The third-order valence-electron chi connectivity index (χ3n) is 4.76. The van der Waals surface area contributed by atoms with Crippen molar-refractivity contribution in [1.82, 2.24) is 24.1 Å². The molecule has 3 aromatic rings. The van der Waals surface area contributed by atoms with E-state index in [1.54, 1.807) is 6.20 Å². The van der Waals surface area contributed by atoms with Crippen LogP contribution in [0.2, 0.25) is 0 Å². The molecule has 24 heavy (non-hydrogen) atoms. The number of aryl methyl sites for hydroxylation is 1. The fourth-order valence-electron chi connectivity index (χ4n) is 3.48. The molecule has 1 aliphatic heterocycles. The molecule has 124 valence electrons. The summed E-state index contributed by atoms with van der Waals surface area (Å²) in [5.74, 6) is 0.0231. The summed E-state index contributed by atoms with van der Waals surface area (Å²) in [5.41, 5.74) is 2.42. The average molecular weight is 323 g/mol. The van der Waals surface area contributed by atoms with Crippen LogP contribution in [0.15, 0.2) is 42.9 Å². The van der Waals surface area contributed by atoms with Gasteiger partial charge in [0.2, 0.25) is 0 Å². The Morgan fingerprint density at radius 1 is 1.29 bits per heavy atom. The van der Waals surface area contributed by atoms with Gasteiger partial charge < -0.3 is 9.30 Å². The summed E-state index contributed by atoms with van der Waals surface area (Å²) in [6.45, 7) is 3.55. The van der Waals surface area contributed by atoms with E-state index < -0.39 is 0 Å². The maximum absolute atomic E-state index is 13.0. The zero-order chi connectivity index (χ0) is 16.5. The number of hydrogen-bond acceptors (Lipinski definition) is 3. The SMILES string of the molecule is Cc1cccc2nc(C(=O)N3CCCCC3Cn3cccn3)cn12. The van der Waals surface area contributed by atoms with E-state index in [4.69, 9.17) is 0 Å². The quantitative estimate of drug-likeness (QED) is 0.744. The Kier molecular flexibility index (Phi) is 3.80. The van der Waals surface area contributed by atoms with E-state index in [-0.39, 0.29) is 11.9 Å². The first-order valence-electron chi connectivity index (χ1n) is 8.45. The van der Waals surface area contributed by atoms with Crippen LogP contribution >= 0.6 is 0 Å². The Hall–Kier alpha value is -2.63. The molecule has 1 unspecified atom stereocenters. The lowest BCUT2D eigenvalue weighted by Gasteiger charge is -2.35. The number of nitrogens with zero attached hydrogens (tertiary/aromatic N) is 5. The molecule has 0 aromatic carbocycles. The molecule has 1 amide bonds. The Labute approximate surface area is 140 Å². The Balaban J connectivity index is 1.61. The first kappa shape index (κ1) is 14.9. The van der Waals surface area contributed by atoms with Crippen LogP contribution in [0.25, 0.3) is 5.65 Å². The number of rotatable bonds is 3. The summed E-state index contributed by atoms with van der Waals surface area (Å²) in [6.07, 6.45) is 8.80. The highest BCUT2D eigenvalue weighted by Gasteiger charge is 2.29. The number of amides is 1. The maximum atomic E-state index is 13.0. The van der Waals surface area contributed by atoms with Crippen LogP contribution in [-0.4, -0.2) is 42.6 Å². The fourth-order valence-corrected chi connectivity index (χ4v) is 3.48. The summed E-state index contributed by atoms with van der Waals surface area (Å²) in [7, 11) is 0. The van der Waals surface area contributed by atoms with Gasteiger partial charge in [0, 0.05) is 30.8 Å². The third-order valence-corrected chi connectivity index (χ3v) is 4.76. The number of likely N-dealkylation sites (tertiary alicyclic amines) is 1. The van der Waals surface area contributed by atoms with Crippen molar-refractivity contribution < 1.29 is 4.79 Å². The summed E-state index contributed by atoms with van der Waals surface area (Å²) >= 11 is 0. The largest absolute Gasteiger partial charge is 0.332 e. The molecular weight excluding hydrogens is 302 g/mol. The number of fused-ring (bicyclic) bond motifs is 1. The number of carbonyl (C=O) groups excluding carboxylic acids is 1. The van der Waals surface area contributed by atoms with Crippen molar-refractivity contribution in [3.05, 3.63) is 54.2 Å². The Morgan fingerprint density at radius 2 is 2.21 bits per heavy atom. The molecule has 0 radical (unpaired) electrons. The van der Waals surface area contributed by atoms with E-state index in [1.165, 1.54) is 0 Å². The van der Waals surface area contributed by atoms with E-state index in [0.29, 0.717) is 5.69 Å². The van der Waals surface area contributed by atoms with Crippen molar-refractivity contribution in [2.75, 3.05) is 6.54 Å². The number of piperidine rings is 1. The molecule has 0 saturated carbocycles. The van der Waals surface area contributed by atoms with Crippen molar-refractivity contribution in [1.29, 1.82) is 0 Å². The van der Waals surface area contributed by atoms with Crippen LogP contribution in [0.3, 0.4) is 0 Å². The van der Waals surface area contributed by atoms with Crippen molar-refractivity contribution in [3.63, 3.8) is 0 Å². The van der Waals surface area contributed by atoms with Gasteiger partial charge in [0.25, 0.3) is 5.91 Å². The lowest BCUT2D eigenvalue weighted by atomic mass is 10.0. The smallest absolute Gasteiger partial charge is 0.274 e. The lowest BCUT2D eigenvalue weighted by molar-refractivity contribution is 0.0578. The van der Waals surface area contributed by atoms with E-state index in [9.17, 15) is 4.79 Å². The van der Waals surface area contributed by atoms with Gasteiger partial charge in [0.1, 0.15) is 11.3 Å². The number of aromatic nitrogens is 4. The van der Waals surface area contributed by atoms with E-state index in [0.717, 1.165) is 43.7 Å². The molecule has 1 fully saturated rings. The van der Waals surface area contributed by atoms with Crippen LogP contribution in [0.1, 0.15) is 35.4 Å². The zero-order valence-electron chi connectivity index (χ0n) is 13.8. The predicted molar refractivity (Wildman–Crippen MR) is 90.8 cm³/mol. The highest BCUT2D eigenvalue weighted by molar-refractivity contribution is 5.93. The van der Waals surface area contributed by atoms with Crippen LogP contribution in [0.4, 0.5) is 0 Å². The summed E-state index contributed by atoms with van der Waals surface area (Å²) in [4.78, 5) is 19.5. The summed E-state index contributed by atoms with van der Waals surface area (Å²) in [5, 5.41) is 4.28. The molecule has 1 atom stereocenters. The second-order valence-corrected chi connectivity index (χ2v) is 6.40. The van der Waals surface area contributed by atoms with Crippen LogP contribution in [0, 0.1) is 6.92 Å². The van der Waals surface area contributed by atoms with Crippen molar-refractivity contribution in [3.8, 4) is 0 Å². The van der Waals surface area contributed by atoms with Gasteiger partial charge in [-0.25, -0.2) is 4.98 Å². The molecule has 3 aromatic heterocycles. The molecular formula is C18H21N5O. The number of carbonyl (C=O) groups is 1. The predicted octanol–water partition coefficient (Wildman–Crippen LogP) is 2.53. The van der Waals surface area contributed by atoms with Gasteiger partial charge in [-0.2, -0.15) is 5.10 Å². The van der Waals surface area contributed by atoms with Gasteiger partial charge in [-0.1, -0.05) is 6.07 Å². The van der Waals surface area contributed by atoms with Gasteiger partial charge in [0.15, 0.2) is 0 Å². The number of imidazole rings is 1. The topological polar surface area (TPSA) is 55.4 Å². The van der Waals surface area contributed by atoms with Crippen LogP contribution in [-0.2, 0) is 6.54 Å². The first-order chi connectivity index (χ1) is 11.7. The monoisotopic (exact) mass is 323 g/mol. The zero-order valence-corrected chi connectivity index (χ0v) is 13.8. The highest BCUT2D eigenvalue weighted by Crippen LogP contribution is 2.21. The minimum atomic E-state index is 0.0231. The Bertz CT molecular complexity index is 852. The highest BCUT2D eigenvalue weighted by atomic mass is 16.2. The minimum Gasteiger partial charge on any atom is -0.332 e. The van der Waals surface area contributed by atoms with Gasteiger partial charge in [-0.15, -0.1) is 0 Å². The fraction of sp³-hybridized carbons (Fsp3) is 0.389. The molecule has 4 heterocycles. The van der Waals surface area contributed by atoms with E-state index >= 15 is 0 Å². The molecule has 0 N–H and O–H groups in total. The molecule has 1 aliphatic rings. The molecule has 0 aliphatic carbocycles. The Morgan fingerprint density at radius 3 is 3.00 bits per heavy atom. The number of pyridine rings is 1. The standard InChI is InChI=1S/C18H21N5O/c1-14-6-4-8-17-20-16(13-23(14)17)18(24)22-11-3-2-7-15(22)12-21-10-5-9-19-21/h4-6,8-10,13,15H,2-3,7,11-12H2,1H3. The number of hydrogen-bond donors (Lipinski definition) is 0. The normalized spacial score (nSPS) is 18.2. The van der Waals surface area contributed by atoms with Crippen LogP contribution < -0.4 is 0 Å². The van der Waals surface area contributed by atoms with Gasteiger partial charge in [-0.3, -0.25) is 9.48 Å². The maximum Gasteiger partial charge on any atom is 0.274 e.